The molecular weight excluding hydrogens is 627 g/mol. The molecule has 4 aromatic rings. The first-order valence-corrected chi connectivity index (χ1v) is 13.8. The molecule has 44 heavy (non-hydrogen) atoms. The lowest BCUT2D eigenvalue weighted by atomic mass is 10.1. The van der Waals surface area contributed by atoms with Crippen molar-refractivity contribution in [1.29, 1.82) is 0 Å². The molecule has 0 atom stereocenters. The van der Waals surface area contributed by atoms with Gasteiger partial charge in [0.25, 0.3) is 11.8 Å². The highest BCUT2D eigenvalue weighted by Gasteiger charge is 2.20. The number of carbonyl (C=O) groups is 2. The van der Waals surface area contributed by atoms with Crippen LogP contribution in [0.25, 0.3) is 11.0 Å². The first kappa shape index (κ1) is 38.6. The Kier molecular flexibility index (Phi) is 16.8. The average Bonchev–Trinajstić information content (AvgIpc) is 3.44. The van der Waals surface area contributed by atoms with Crippen LogP contribution in [-0.2, 0) is 17.9 Å². The Hall–Kier alpha value is -3.38. The van der Waals surface area contributed by atoms with Crippen LogP contribution in [0.4, 0.5) is 11.4 Å². The summed E-state index contributed by atoms with van der Waals surface area (Å²) in [6, 6.07) is 17.9. The van der Waals surface area contributed by atoms with Crippen molar-refractivity contribution in [3.05, 3.63) is 83.2 Å². The van der Waals surface area contributed by atoms with E-state index in [0.717, 1.165) is 49.0 Å². The number of anilines is 2. The van der Waals surface area contributed by atoms with Gasteiger partial charge in [-0.3, -0.25) is 9.59 Å². The topological polar surface area (TPSA) is 149 Å². The third-order valence-electron chi connectivity index (χ3n) is 6.85. The fraction of sp³-hybridized carbons (Fsp3) is 0.323. The standard InChI is InChI=1S/C31H38N6O4.3ClH/c1-37(26-13-6-5-10-22(26)20-41-17-8-4-3-7-16-32)31(39)21-14-15-24(27(18-21)40-2)35-30(38)23-11-9-12-25-29(23)36-28(19-33)34-25;;;/h5-6,9-15,18H,3-4,7-8,16-17,19-20,32-33H2,1-2H3,(H,34,36)(H,35,38);3*1H. The molecule has 0 unspecified atom stereocenters. The number of nitrogens with two attached hydrogens (primary N) is 2. The third kappa shape index (κ3) is 9.56. The van der Waals surface area contributed by atoms with Crippen molar-refractivity contribution in [1.82, 2.24) is 9.97 Å². The van der Waals surface area contributed by atoms with Crippen molar-refractivity contribution in [3.63, 3.8) is 0 Å². The molecule has 0 aliphatic rings. The molecule has 4 rings (SSSR count). The van der Waals surface area contributed by atoms with Crippen molar-refractivity contribution in [2.75, 3.05) is 37.5 Å². The molecule has 2 amide bonds. The molecule has 6 N–H and O–H groups in total. The minimum absolute atomic E-state index is 0. The highest BCUT2D eigenvalue weighted by Crippen LogP contribution is 2.29. The number of unbranched alkanes of at least 4 members (excludes halogenated alkanes) is 3. The van der Waals surface area contributed by atoms with Gasteiger partial charge in [0.2, 0.25) is 0 Å². The fourth-order valence-electron chi connectivity index (χ4n) is 4.63. The second-order valence-electron chi connectivity index (χ2n) is 9.71. The minimum Gasteiger partial charge on any atom is -0.495 e. The minimum atomic E-state index is -0.353. The zero-order valence-electron chi connectivity index (χ0n) is 24.8. The van der Waals surface area contributed by atoms with E-state index in [0.29, 0.717) is 47.1 Å². The summed E-state index contributed by atoms with van der Waals surface area (Å²) in [5, 5.41) is 2.88. The largest absolute Gasteiger partial charge is 0.495 e. The van der Waals surface area contributed by atoms with E-state index in [-0.39, 0.29) is 55.6 Å². The number of aromatic amines is 1. The molecule has 0 radical (unpaired) electrons. The lowest BCUT2D eigenvalue weighted by molar-refractivity contribution is 0.0989. The normalized spacial score (nSPS) is 10.3. The number of hydrogen-bond acceptors (Lipinski definition) is 7. The summed E-state index contributed by atoms with van der Waals surface area (Å²) < 4.78 is 11.4. The Balaban J connectivity index is 0.00000323. The number of nitrogens with one attached hydrogen (secondary N) is 2. The number of halogens is 3. The molecule has 0 bridgehead atoms. The van der Waals surface area contributed by atoms with Crippen LogP contribution in [0.5, 0.6) is 5.75 Å². The number of fused-ring (bicyclic) bond motifs is 1. The Bertz CT molecular complexity index is 1500. The number of para-hydroxylation sites is 2. The molecule has 10 nitrogen and oxygen atoms in total. The highest BCUT2D eigenvalue weighted by atomic mass is 35.5. The van der Waals surface area contributed by atoms with Gasteiger partial charge >= 0.3 is 0 Å². The predicted molar refractivity (Wildman–Crippen MR) is 183 cm³/mol. The van der Waals surface area contributed by atoms with Crippen LogP contribution in [0, 0.1) is 0 Å². The quantitative estimate of drug-likeness (QED) is 0.123. The van der Waals surface area contributed by atoms with Crippen LogP contribution < -0.4 is 26.4 Å². The summed E-state index contributed by atoms with van der Waals surface area (Å²) in [5.74, 6) is 0.386. The molecule has 0 spiro atoms. The summed E-state index contributed by atoms with van der Waals surface area (Å²) in [6.45, 7) is 2.02. The Labute approximate surface area is 276 Å². The van der Waals surface area contributed by atoms with Crippen molar-refractivity contribution < 1.29 is 19.1 Å². The summed E-state index contributed by atoms with van der Waals surface area (Å²) in [4.78, 5) is 35.8. The number of methoxy groups -OCH3 is 1. The van der Waals surface area contributed by atoms with Crippen molar-refractivity contribution >= 4 is 71.4 Å². The van der Waals surface area contributed by atoms with Crippen LogP contribution in [0.15, 0.2) is 60.7 Å². The van der Waals surface area contributed by atoms with Gasteiger partial charge in [0.05, 0.1) is 37.0 Å². The first-order chi connectivity index (χ1) is 20.0. The monoisotopic (exact) mass is 666 g/mol. The smallest absolute Gasteiger partial charge is 0.258 e. The molecule has 0 fully saturated rings. The van der Waals surface area contributed by atoms with Crippen LogP contribution in [-0.4, -0.2) is 49.1 Å². The second kappa shape index (κ2) is 19.1. The summed E-state index contributed by atoms with van der Waals surface area (Å²) in [5.41, 5.74) is 15.4. The van der Waals surface area contributed by atoms with Crippen LogP contribution >= 0.6 is 37.2 Å². The SMILES string of the molecule is COc1cc(C(=O)N(C)c2ccccc2COCCCCCCN)ccc1NC(=O)c1cccc2[nH]c(CN)nc12.Cl.Cl.Cl. The lowest BCUT2D eigenvalue weighted by Gasteiger charge is -2.21. The molecule has 13 heteroatoms. The van der Waals surface area contributed by atoms with Gasteiger partial charge in [-0.05, 0) is 55.8 Å². The molecule has 3 aromatic carbocycles. The maximum atomic E-state index is 13.5. The molecule has 240 valence electrons. The van der Waals surface area contributed by atoms with Crippen molar-refractivity contribution in [2.45, 2.75) is 38.8 Å². The van der Waals surface area contributed by atoms with Crippen molar-refractivity contribution in [2.24, 2.45) is 11.5 Å². The number of aromatic nitrogens is 2. The third-order valence-corrected chi connectivity index (χ3v) is 6.85. The first-order valence-electron chi connectivity index (χ1n) is 13.8. The van der Waals surface area contributed by atoms with Gasteiger partial charge in [-0.2, -0.15) is 0 Å². The van der Waals surface area contributed by atoms with Crippen LogP contribution in [0.2, 0.25) is 0 Å². The molecule has 0 saturated carbocycles. The van der Waals surface area contributed by atoms with E-state index in [1.165, 1.54) is 7.11 Å². The summed E-state index contributed by atoms with van der Waals surface area (Å²) in [7, 11) is 3.23. The van der Waals surface area contributed by atoms with Gasteiger partial charge in [0.15, 0.2) is 0 Å². The van der Waals surface area contributed by atoms with Crippen LogP contribution in [0.3, 0.4) is 0 Å². The lowest BCUT2D eigenvalue weighted by Crippen LogP contribution is -2.27. The number of benzene rings is 3. The fourth-order valence-corrected chi connectivity index (χ4v) is 4.63. The Morgan fingerprint density at radius 3 is 2.43 bits per heavy atom. The maximum absolute atomic E-state index is 13.5. The molecular formula is C31H41Cl3N6O4. The van der Waals surface area contributed by atoms with E-state index in [1.54, 1.807) is 42.3 Å². The van der Waals surface area contributed by atoms with Gasteiger partial charge in [0, 0.05) is 30.5 Å². The molecule has 0 aliphatic carbocycles. The number of rotatable bonds is 14. The Morgan fingerprint density at radius 2 is 1.70 bits per heavy atom. The predicted octanol–water partition coefficient (Wildman–Crippen LogP) is 5.86. The van der Waals surface area contributed by atoms with E-state index in [9.17, 15) is 9.59 Å². The van der Waals surface area contributed by atoms with E-state index < -0.39 is 0 Å². The number of H-pyrrole nitrogens is 1. The number of carbonyl (C=O) groups excluding carboxylic acids is 2. The molecule has 1 heterocycles. The number of ether oxygens (including phenoxy) is 2. The molecule has 0 aliphatic heterocycles. The van der Waals surface area contributed by atoms with Gasteiger partial charge in [-0.25, -0.2) is 4.98 Å². The number of imidazole rings is 1. The zero-order chi connectivity index (χ0) is 29.2. The molecule has 1 aromatic heterocycles. The maximum Gasteiger partial charge on any atom is 0.258 e. The molecule has 0 saturated heterocycles. The van der Waals surface area contributed by atoms with Crippen LogP contribution in [0.1, 0.15) is 57.8 Å². The van der Waals surface area contributed by atoms with Gasteiger partial charge in [-0.15, -0.1) is 37.2 Å². The van der Waals surface area contributed by atoms with E-state index in [1.807, 2.05) is 30.3 Å². The van der Waals surface area contributed by atoms with E-state index in [4.69, 9.17) is 20.9 Å². The van der Waals surface area contributed by atoms with E-state index in [2.05, 4.69) is 15.3 Å². The van der Waals surface area contributed by atoms with E-state index >= 15 is 0 Å². The van der Waals surface area contributed by atoms with Gasteiger partial charge < -0.3 is 36.1 Å². The summed E-state index contributed by atoms with van der Waals surface area (Å²) >= 11 is 0. The Morgan fingerprint density at radius 1 is 0.955 bits per heavy atom. The zero-order valence-corrected chi connectivity index (χ0v) is 27.3. The number of nitrogens with zero attached hydrogens (tertiary/aromatic N) is 2. The van der Waals surface area contributed by atoms with Crippen molar-refractivity contribution in [3.8, 4) is 5.75 Å². The second-order valence-corrected chi connectivity index (χ2v) is 9.71. The van der Waals surface area contributed by atoms with Gasteiger partial charge in [-0.1, -0.05) is 37.1 Å². The number of hydrogen-bond donors (Lipinski definition) is 4. The summed E-state index contributed by atoms with van der Waals surface area (Å²) in [6.07, 6.45) is 4.20. The highest BCUT2D eigenvalue weighted by molar-refractivity contribution is 6.12. The average molecular weight is 668 g/mol. The van der Waals surface area contributed by atoms with Gasteiger partial charge in [0.1, 0.15) is 17.1 Å². The number of amides is 2.